The second-order valence-corrected chi connectivity index (χ2v) is 3.44. The van der Waals surface area contributed by atoms with Gasteiger partial charge in [-0.15, -0.1) is 0 Å². The molecule has 0 aromatic rings. The molecule has 0 radical (unpaired) electrons. The third-order valence-corrected chi connectivity index (χ3v) is 1.93. The Balaban J connectivity index is 2.16. The van der Waals surface area contributed by atoms with Crippen LogP contribution >= 0.6 is 0 Å². The molecule has 4 N–H and O–H groups in total. The number of carbonyl (C=O) groups excluding carboxylic acids is 1. The van der Waals surface area contributed by atoms with Gasteiger partial charge in [0, 0.05) is 25.0 Å². The summed E-state index contributed by atoms with van der Waals surface area (Å²) in [4.78, 5) is 11.2. The van der Waals surface area contributed by atoms with Crippen LogP contribution in [0.5, 0.6) is 0 Å². The highest BCUT2D eigenvalue weighted by Crippen LogP contribution is 1.97. The van der Waals surface area contributed by atoms with Gasteiger partial charge in [0.25, 0.3) is 0 Å². The number of carbonyl (C=O) groups is 1. The lowest BCUT2D eigenvalue weighted by Crippen LogP contribution is -2.38. The van der Waals surface area contributed by atoms with E-state index < -0.39 is 0 Å². The molecular weight excluding hydrogens is 154 g/mol. The molecule has 1 rings (SSSR count). The van der Waals surface area contributed by atoms with Crippen molar-refractivity contribution >= 4 is 5.91 Å². The van der Waals surface area contributed by atoms with Crippen molar-refractivity contribution in [3.05, 3.63) is 0 Å². The fourth-order valence-corrected chi connectivity index (χ4v) is 1.36. The molecule has 0 saturated carbocycles. The van der Waals surface area contributed by atoms with Crippen molar-refractivity contribution in [3.63, 3.8) is 0 Å². The van der Waals surface area contributed by atoms with E-state index in [1.165, 1.54) is 0 Å². The van der Waals surface area contributed by atoms with Crippen LogP contribution in [0.15, 0.2) is 0 Å². The highest BCUT2D eigenvalue weighted by molar-refractivity contribution is 5.76. The molecule has 0 aliphatic carbocycles. The Labute approximate surface area is 72.9 Å². The van der Waals surface area contributed by atoms with Crippen molar-refractivity contribution in [2.75, 3.05) is 13.1 Å². The van der Waals surface area contributed by atoms with Crippen LogP contribution in [-0.4, -0.2) is 31.1 Å². The molecule has 1 heterocycles. The second kappa shape index (κ2) is 4.42. The van der Waals surface area contributed by atoms with Gasteiger partial charge in [0.1, 0.15) is 0 Å². The van der Waals surface area contributed by atoms with Gasteiger partial charge in [-0.2, -0.15) is 0 Å². The van der Waals surface area contributed by atoms with E-state index in [4.69, 9.17) is 5.73 Å². The van der Waals surface area contributed by atoms with Crippen molar-refractivity contribution in [2.45, 2.75) is 31.8 Å². The zero-order valence-electron chi connectivity index (χ0n) is 7.47. The van der Waals surface area contributed by atoms with Crippen LogP contribution in [0.3, 0.4) is 0 Å². The third kappa shape index (κ3) is 3.19. The zero-order valence-corrected chi connectivity index (χ0v) is 7.47. The SMILES string of the molecule is CC(N)CC(=O)NC1CCNC1. The first-order chi connectivity index (χ1) is 5.68. The fourth-order valence-electron chi connectivity index (χ4n) is 1.36. The monoisotopic (exact) mass is 171 g/mol. The maximum Gasteiger partial charge on any atom is 0.221 e. The van der Waals surface area contributed by atoms with Gasteiger partial charge in [-0.3, -0.25) is 4.79 Å². The van der Waals surface area contributed by atoms with Crippen LogP contribution in [0.25, 0.3) is 0 Å². The average molecular weight is 171 g/mol. The maximum atomic E-state index is 11.2. The molecule has 0 spiro atoms. The first-order valence-electron chi connectivity index (χ1n) is 4.44. The van der Waals surface area contributed by atoms with E-state index in [9.17, 15) is 4.79 Å². The van der Waals surface area contributed by atoms with Gasteiger partial charge < -0.3 is 16.4 Å². The maximum absolute atomic E-state index is 11.2. The van der Waals surface area contributed by atoms with Gasteiger partial charge in [0.15, 0.2) is 0 Å². The molecule has 1 aliphatic rings. The molecule has 70 valence electrons. The summed E-state index contributed by atoms with van der Waals surface area (Å²) in [6.07, 6.45) is 1.46. The predicted molar refractivity (Wildman–Crippen MR) is 47.7 cm³/mol. The Bertz CT molecular complexity index is 152. The van der Waals surface area contributed by atoms with E-state index in [2.05, 4.69) is 10.6 Å². The summed E-state index contributed by atoms with van der Waals surface area (Å²) in [5, 5.41) is 6.11. The molecule has 0 aromatic carbocycles. The summed E-state index contributed by atoms with van der Waals surface area (Å²) in [6.45, 7) is 3.74. The minimum Gasteiger partial charge on any atom is -0.352 e. The summed E-state index contributed by atoms with van der Waals surface area (Å²) >= 11 is 0. The predicted octanol–water partition coefficient (Wildman–Crippen LogP) is -0.798. The smallest absolute Gasteiger partial charge is 0.221 e. The van der Waals surface area contributed by atoms with Crippen molar-refractivity contribution in [3.8, 4) is 0 Å². The highest BCUT2D eigenvalue weighted by atomic mass is 16.1. The van der Waals surface area contributed by atoms with E-state index in [0.717, 1.165) is 19.5 Å². The molecule has 0 bridgehead atoms. The number of hydrogen-bond donors (Lipinski definition) is 3. The standard InChI is InChI=1S/C8H17N3O/c1-6(9)4-8(12)11-7-2-3-10-5-7/h6-7,10H,2-5,9H2,1H3,(H,11,12). The molecule has 2 atom stereocenters. The van der Waals surface area contributed by atoms with Gasteiger partial charge in [-0.05, 0) is 19.9 Å². The van der Waals surface area contributed by atoms with E-state index in [-0.39, 0.29) is 11.9 Å². The van der Waals surface area contributed by atoms with Crippen molar-refractivity contribution < 1.29 is 4.79 Å². The quantitative estimate of drug-likeness (QED) is 0.521. The van der Waals surface area contributed by atoms with Crippen LogP contribution < -0.4 is 16.4 Å². The lowest BCUT2D eigenvalue weighted by molar-refractivity contribution is -0.121. The van der Waals surface area contributed by atoms with Gasteiger partial charge in [-0.25, -0.2) is 0 Å². The van der Waals surface area contributed by atoms with Gasteiger partial charge in [-0.1, -0.05) is 0 Å². The summed E-state index contributed by atoms with van der Waals surface area (Å²) in [6, 6.07) is 0.274. The molecule has 1 saturated heterocycles. The summed E-state index contributed by atoms with van der Waals surface area (Å²) < 4.78 is 0. The van der Waals surface area contributed by atoms with Gasteiger partial charge >= 0.3 is 0 Å². The summed E-state index contributed by atoms with van der Waals surface area (Å²) in [5.41, 5.74) is 5.49. The first-order valence-corrected chi connectivity index (χ1v) is 4.44. The third-order valence-electron chi connectivity index (χ3n) is 1.93. The number of rotatable bonds is 3. The number of nitrogens with one attached hydrogen (secondary N) is 2. The Morgan fingerprint density at radius 3 is 3.08 bits per heavy atom. The summed E-state index contributed by atoms with van der Waals surface area (Å²) in [7, 11) is 0. The normalized spacial score (nSPS) is 25.3. The Morgan fingerprint density at radius 2 is 2.58 bits per heavy atom. The number of hydrogen-bond acceptors (Lipinski definition) is 3. The molecule has 0 aromatic heterocycles. The molecule has 2 unspecified atom stereocenters. The van der Waals surface area contributed by atoms with E-state index in [1.807, 2.05) is 6.92 Å². The van der Waals surface area contributed by atoms with E-state index in [0.29, 0.717) is 12.5 Å². The highest BCUT2D eigenvalue weighted by Gasteiger charge is 2.16. The Kier molecular flexibility index (Phi) is 3.49. The molecule has 4 heteroatoms. The zero-order chi connectivity index (χ0) is 8.97. The van der Waals surface area contributed by atoms with Crippen molar-refractivity contribution in [2.24, 2.45) is 5.73 Å². The first kappa shape index (κ1) is 9.48. The van der Waals surface area contributed by atoms with Crippen LogP contribution in [0.1, 0.15) is 19.8 Å². The fraction of sp³-hybridized carbons (Fsp3) is 0.875. The second-order valence-electron chi connectivity index (χ2n) is 3.44. The number of amides is 1. The molecule has 4 nitrogen and oxygen atoms in total. The Morgan fingerprint density at radius 1 is 1.83 bits per heavy atom. The Hall–Kier alpha value is -0.610. The minimum absolute atomic E-state index is 0.0423. The lowest BCUT2D eigenvalue weighted by atomic mass is 10.2. The largest absolute Gasteiger partial charge is 0.352 e. The van der Waals surface area contributed by atoms with E-state index >= 15 is 0 Å². The molecule has 1 amide bonds. The van der Waals surface area contributed by atoms with Crippen LogP contribution in [0.4, 0.5) is 0 Å². The van der Waals surface area contributed by atoms with Gasteiger partial charge in [0.2, 0.25) is 5.91 Å². The average Bonchev–Trinajstić information content (AvgIpc) is 2.37. The van der Waals surface area contributed by atoms with Gasteiger partial charge in [0.05, 0.1) is 0 Å². The molecular formula is C8H17N3O. The van der Waals surface area contributed by atoms with E-state index in [1.54, 1.807) is 0 Å². The lowest BCUT2D eigenvalue weighted by Gasteiger charge is -2.12. The minimum atomic E-state index is -0.0423. The van der Waals surface area contributed by atoms with Crippen LogP contribution in [0.2, 0.25) is 0 Å². The topological polar surface area (TPSA) is 67.2 Å². The number of nitrogens with two attached hydrogens (primary N) is 1. The molecule has 1 fully saturated rings. The van der Waals surface area contributed by atoms with Crippen molar-refractivity contribution in [1.29, 1.82) is 0 Å². The summed E-state index contributed by atoms with van der Waals surface area (Å²) in [5.74, 6) is 0.0682. The van der Waals surface area contributed by atoms with Crippen LogP contribution in [-0.2, 0) is 4.79 Å². The molecule has 12 heavy (non-hydrogen) atoms. The molecule has 1 aliphatic heterocycles. The van der Waals surface area contributed by atoms with Crippen LogP contribution in [0, 0.1) is 0 Å². The van der Waals surface area contributed by atoms with Crippen molar-refractivity contribution in [1.82, 2.24) is 10.6 Å².